The zero-order valence-corrected chi connectivity index (χ0v) is 11.9. The molecule has 2 N–H and O–H groups in total. The number of ether oxygens (including phenoxy) is 1. The topological polar surface area (TPSA) is 123 Å². The highest BCUT2D eigenvalue weighted by Gasteiger charge is 2.26. The van der Waals surface area contributed by atoms with Crippen molar-refractivity contribution in [3.05, 3.63) is 17.9 Å². The zero-order chi connectivity index (χ0) is 15.5. The molecule has 2 rings (SSSR count). The molecule has 8 nitrogen and oxygen atoms in total. The van der Waals surface area contributed by atoms with Gasteiger partial charge in [-0.15, -0.1) is 0 Å². The standard InChI is InChI=1S/C12H15NO7S/c14-10(13-8-3-5-19-6-4-8)7-21(17,18)11-2-1-9(20-11)12(15)16/h1-2,8H,3-7H2,(H,13,14)(H,15,16). The van der Waals surface area contributed by atoms with Crippen molar-refractivity contribution in [2.75, 3.05) is 19.0 Å². The number of sulfone groups is 1. The molecule has 1 aromatic rings. The molecule has 21 heavy (non-hydrogen) atoms. The maximum Gasteiger partial charge on any atom is 0.371 e. The van der Waals surface area contributed by atoms with Gasteiger partial charge in [0.1, 0.15) is 5.75 Å². The molecule has 1 aromatic heterocycles. The summed E-state index contributed by atoms with van der Waals surface area (Å²) in [6.07, 6.45) is 1.27. The molecule has 0 radical (unpaired) electrons. The number of carbonyl (C=O) groups is 2. The second kappa shape index (κ2) is 6.27. The average Bonchev–Trinajstić information content (AvgIpc) is 2.89. The van der Waals surface area contributed by atoms with Gasteiger partial charge in [0.2, 0.25) is 26.6 Å². The first-order valence-corrected chi connectivity index (χ1v) is 7.97. The van der Waals surface area contributed by atoms with E-state index in [0.29, 0.717) is 26.1 Å². The van der Waals surface area contributed by atoms with Gasteiger partial charge in [-0.1, -0.05) is 0 Å². The molecule has 1 amide bonds. The van der Waals surface area contributed by atoms with Crippen LogP contribution in [0.5, 0.6) is 0 Å². The number of rotatable bonds is 5. The van der Waals surface area contributed by atoms with Gasteiger partial charge in [0.15, 0.2) is 0 Å². The van der Waals surface area contributed by atoms with Crippen LogP contribution in [0.15, 0.2) is 21.6 Å². The minimum atomic E-state index is -4.00. The fourth-order valence-corrected chi connectivity index (χ4v) is 3.02. The van der Waals surface area contributed by atoms with E-state index in [1.54, 1.807) is 0 Å². The van der Waals surface area contributed by atoms with E-state index in [-0.39, 0.29) is 6.04 Å². The van der Waals surface area contributed by atoms with Crippen LogP contribution in [0.3, 0.4) is 0 Å². The highest BCUT2D eigenvalue weighted by Crippen LogP contribution is 2.16. The lowest BCUT2D eigenvalue weighted by atomic mass is 10.1. The number of nitrogens with one attached hydrogen (secondary N) is 1. The van der Waals surface area contributed by atoms with Gasteiger partial charge in [-0.2, -0.15) is 0 Å². The Morgan fingerprint density at radius 1 is 1.29 bits per heavy atom. The van der Waals surface area contributed by atoms with Crippen LogP contribution in [-0.2, 0) is 19.4 Å². The molecule has 0 spiro atoms. The molecular formula is C12H15NO7S. The highest BCUT2D eigenvalue weighted by atomic mass is 32.2. The quantitative estimate of drug-likeness (QED) is 0.786. The molecule has 0 unspecified atom stereocenters. The molecule has 1 aliphatic heterocycles. The van der Waals surface area contributed by atoms with Gasteiger partial charge >= 0.3 is 5.97 Å². The van der Waals surface area contributed by atoms with Gasteiger partial charge in [0.05, 0.1) is 0 Å². The molecule has 1 saturated heterocycles. The summed E-state index contributed by atoms with van der Waals surface area (Å²) >= 11 is 0. The van der Waals surface area contributed by atoms with E-state index in [9.17, 15) is 18.0 Å². The minimum Gasteiger partial charge on any atom is -0.475 e. The van der Waals surface area contributed by atoms with Crippen molar-refractivity contribution in [3.63, 3.8) is 0 Å². The summed E-state index contributed by atoms with van der Waals surface area (Å²) < 4.78 is 33.7. The third kappa shape index (κ3) is 4.05. The van der Waals surface area contributed by atoms with Crippen molar-refractivity contribution in [1.29, 1.82) is 0 Å². The fourth-order valence-electron chi connectivity index (χ4n) is 1.96. The SMILES string of the molecule is O=C(CS(=O)(=O)c1ccc(C(=O)O)o1)NC1CCOCC1. The van der Waals surface area contributed by atoms with Crippen LogP contribution in [-0.4, -0.2) is 50.4 Å². The average molecular weight is 317 g/mol. The van der Waals surface area contributed by atoms with Crippen LogP contribution in [0, 0.1) is 0 Å². The van der Waals surface area contributed by atoms with Crippen LogP contribution in [0.2, 0.25) is 0 Å². The van der Waals surface area contributed by atoms with Gasteiger partial charge < -0.3 is 19.6 Å². The molecule has 1 fully saturated rings. The fraction of sp³-hybridized carbons (Fsp3) is 0.500. The monoisotopic (exact) mass is 317 g/mol. The molecule has 0 saturated carbocycles. The first kappa shape index (κ1) is 15.5. The Labute approximate surface area is 121 Å². The first-order valence-electron chi connectivity index (χ1n) is 6.31. The number of carboxylic acid groups (broad SMARTS) is 1. The van der Waals surface area contributed by atoms with Gasteiger partial charge in [-0.05, 0) is 25.0 Å². The van der Waals surface area contributed by atoms with Gasteiger partial charge in [0, 0.05) is 19.3 Å². The minimum absolute atomic E-state index is 0.104. The maximum absolute atomic E-state index is 11.9. The predicted molar refractivity (Wildman–Crippen MR) is 69.7 cm³/mol. The van der Waals surface area contributed by atoms with Crippen LogP contribution in [0.4, 0.5) is 0 Å². The normalized spacial score (nSPS) is 16.6. The molecule has 9 heteroatoms. The Bertz CT molecular complexity index is 628. The molecule has 0 bridgehead atoms. The van der Waals surface area contributed by atoms with Crippen molar-refractivity contribution in [1.82, 2.24) is 5.32 Å². The number of aromatic carboxylic acids is 1. The largest absolute Gasteiger partial charge is 0.475 e. The molecule has 1 aliphatic rings. The van der Waals surface area contributed by atoms with E-state index < -0.39 is 38.3 Å². The third-order valence-corrected chi connectivity index (χ3v) is 4.48. The van der Waals surface area contributed by atoms with E-state index >= 15 is 0 Å². The van der Waals surface area contributed by atoms with E-state index in [1.807, 2.05) is 0 Å². The summed E-state index contributed by atoms with van der Waals surface area (Å²) in [6.45, 7) is 1.05. The number of carbonyl (C=O) groups excluding carboxylic acids is 1. The predicted octanol–water partition coefficient (Wildman–Crippen LogP) is 0.0467. The summed E-state index contributed by atoms with van der Waals surface area (Å²) in [5, 5.41) is 10.8. The number of amides is 1. The van der Waals surface area contributed by atoms with Crippen molar-refractivity contribution >= 4 is 21.7 Å². The van der Waals surface area contributed by atoms with Crippen LogP contribution < -0.4 is 5.32 Å². The molecule has 0 aliphatic carbocycles. The smallest absolute Gasteiger partial charge is 0.371 e. The first-order chi connectivity index (χ1) is 9.88. The molecule has 0 atom stereocenters. The maximum atomic E-state index is 11.9. The number of hydrogen-bond donors (Lipinski definition) is 2. The van der Waals surface area contributed by atoms with Crippen LogP contribution in [0.25, 0.3) is 0 Å². The lowest BCUT2D eigenvalue weighted by Gasteiger charge is -2.22. The van der Waals surface area contributed by atoms with Crippen LogP contribution in [0.1, 0.15) is 23.4 Å². The van der Waals surface area contributed by atoms with Crippen LogP contribution >= 0.6 is 0 Å². The summed E-state index contributed by atoms with van der Waals surface area (Å²) in [6, 6.07) is 1.96. The van der Waals surface area contributed by atoms with E-state index in [4.69, 9.17) is 14.3 Å². The van der Waals surface area contributed by atoms with Gasteiger partial charge in [0.25, 0.3) is 0 Å². The molecule has 0 aromatic carbocycles. The number of hydrogen-bond acceptors (Lipinski definition) is 6. The highest BCUT2D eigenvalue weighted by molar-refractivity contribution is 7.92. The second-order valence-electron chi connectivity index (χ2n) is 4.64. The molecule has 116 valence electrons. The Kier molecular flexibility index (Phi) is 4.63. The van der Waals surface area contributed by atoms with E-state index in [1.165, 1.54) is 0 Å². The van der Waals surface area contributed by atoms with Crippen molar-refractivity contribution < 1.29 is 32.3 Å². The zero-order valence-electron chi connectivity index (χ0n) is 11.1. The summed E-state index contributed by atoms with van der Waals surface area (Å²) in [4.78, 5) is 22.4. The van der Waals surface area contributed by atoms with Gasteiger partial charge in [-0.25, -0.2) is 13.2 Å². The van der Waals surface area contributed by atoms with Crippen molar-refractivity contribution in [2.45, 2.75) is 24.0 Å². The lowest BCUT2D eigenvalue weighted by Crippen LogP contribution is -2.41. The van der Waals surface area contributed by atoms with Crippen molar-refractivity contribution in [3.8, 4) is 0 Å². The number of carboxylic acids is 1. The Morgan fingerprint density at radius 3 is 2.52 bits per heavy atom. The van der Waals surface area contributed by atoms with Crippen molar-refractivity contribution in [2.24, 2.45) is 0 Å². The lowest BCUT2D eigenvalue weighted by molar-refractivity contribution is -0.119. The Hall–Kier alpha value is -1.87. The molecular weight excluding hydrogens is 302 g/mol. The van der Waals surface area contributed by atoms with E-state index in [0.717, 1.165) is 12.1 Å². The Balaban J connectivity index is 1.99. The summed E-state index contributed by atoms with van der Waals surface area (Å²) in [5.41, 5.74) is 0. The summed E-state index contributed by atoms with van der Waals surface area (Å²) in [7, 11) is -4.00. The summed E-state index contributed by atoms with van der Waals surface area (Å²) in [5.74, 6) is -3.28. The van der Waals surface area contributed by atoms with Gasteiger partial charge in [-0.3, -0.25) is 4.79 Å². The van der Waals surface area contributed by atoms with E-state index in [2.05, 4.69) is 5.32 Å². The Morgan fingerprint density at radius 2 is 1.95 bits per heavy atom. The molecule has 2 heterocycles. The third-order valence-electron chi connectivity index (χ3n) is 3.01. The number of furan rings is 1. The second-order valence-corrected chi connectivity index (χ2v) is 6.56.